The molecule has 1 N–H and O–H groups in total. The first-order valence-corrected chi connectivity index (χ1v) is 8.04. The Balaban J connectivity index is 1.66. The first-order valence-electron chi connectivity index (χ1n) is 8.04. The third kappa shape index (κ3) is 3.52. The molecule has 0 aromatic heterocycles. The molecule has 6 heteroatoms. The number of hydrogen-bond donors (Lipinski definition) is 1. The molecule has 0 spiro atoms. The fourth-order valence-electron chi connectivity index (χ4n) is 3.03. The Morgan fingerprint density at radius 2 is 2.12 bits per heavy atom. The van der Waals surface area contributed by atoms with Crippen molar-refractivity contribution >= 4 is 17.5 Å². The average Bonchev–Trinajstić information content (AvgIpc) is 2.63. The number of benzene rings is 1. The number of hydrogen-bond acceptors (Lipinski definition) is 4. The second-order valence-corrected chi connectivity index (χ2v) is 5.90. The molecule has 2 amide bonds. The summed E-state index contributed by atoms with van der Waals surface area (Å²) in [5.41, 5.74) is 0.604. The molecule has 1 saturated heterocycles. The van der Waals surface area contributed by atoms with Gasteiger partial charge in [0, 0.05) is 13.2 Å². The maximum atomic E-state index is 12.4. The number of nitrogens with zero attached hydrogens (tertiary/aromatic N) is 1. The summed E-state index contributed by atoms with van der Waals surface area (Å²) >= 11 is 0. The van der Waals surface area contributed by atoms with Gasteiger partial charge in [0.05, 0.1) is 11.7 Å². The van der Waals surface area contributed by atoms with Crippen LogP contribution in [0.25, 0.3) is 0 Å². The highest BCUT2D eigenvalue weighted by molar-refractivity contribution is 6.02. The van der Waals surface area contributed by atoms with Crippen LogP contribution in [0.5, 0.6) is 5.75 Å². The third-order valence-corrected chi connectivity index (χ3v) is 4.34. The molecule has 126 valence electrons. The van der Waals surface area contributed by atoms with E-state index in [1.807, 2.05) is 6.07 Å². The number of nitrogens with one attached hydrogen (secondary N) is 1. The number of para-hydroxylation sites is 2. The van der Waals surface area contributed by atoms with Gasteiger partial charge in [-0.05, 0) is 30.9 Å². The molecule has 0 bridgehead atoms. The highest BCUT2D eigenvalue weighted by atomic mass is 16.5. The maximum Gasteiger partial charge on any atom is 0.265 e. The lowest BCUT2D eigenvalue weighted by molar-refractivity contribution is -0.125. The summed E-state index contributed by atoms with van der Waals surface area (Å²) in [6, 6.07) is 6.83. The Morgan fingerprint density at radius 1 is 1.38 bits per heavy atom. The van der Waals surface area contributed by atoms with Crippen molar-refractivity contribution in [3.05, 3.63) is 24.3 Å². The van der Waals surface area contributed by atoms with Crippen LogP contribution in [0.4, 0.5) is 5.69 Å². The Morgan fingerprint density at radius 3 is 2.88 bits per heavy atom. The van der Waals surface area contributed by atoms with E-state index in [2.05, 4.69) is 11.2 Å². The number of carbonyl (C=O) groups excluding carboxylic acids is 2. The van der Waals surface area contributed by atoms with Gasteiger partial charge in [0.1, 0.15) is 12.3 Å². The van der Waals surface area contributed by atoms with Crippen LogP contribution in [0.2, 0.25) is 0 Å². The number of rotatable bonds is 4. The van der Waals surface area contributed by atoms with Gasteiger partial charge in [0.25, 0.3) is 5.91 Å². The zero-order chi connectivity index (χ0) is 16.9. The van der Waals surface area contributed by atoms with Crippen molar-refractivity contribution in [3.8, 4) is 18.1 Å². The lowest BCUT2D eigenvalue weighted by atomic mass is 9.92. The molecule has 0 aliphatic carbocycles. The maximum absolute atomic E-state index is 12.4. The van der Waals surface area contributed by atoms with Gasteiger partial charge in [-0.15, -0.1) is 6.42 Å². The van der Waals surface area contributed by atoms with Crippen molar-refractivity contribution in [2.45, 2.75) is 18.9 Å². The molecule has 2 aliphatic rings. The van der Waals surface area contributed by atoms with Gasteiger partial charge in [-0.2, -0.15) is 0 Å². The van der Waals surface area contributed by atoms with Crippen molar-refractivity contribution in [1.29, 1.82) is 0 Å². The molecule has 2 heterocycles. The number of carbonyl (C=O) groups is 2. The lowest BCUT2D eigenvalue weighted by Gasteiger charge is -2.31. The van der Waals surface area contributed by atoms with Crippen LogP contribution in [-0.4, -0.2) is 44.2 Å². The van der Waals surface area contributed by atoms with Crippen molar-refractivity contribution in [2.75, 3.05) is 31.3 Å². The Bertz CT molecular complexity index is 661. The van der Waals surface area contributed by atoms with E-state index in [9.17, 15) is 9.59 Å². The molecule has 1 aromatic rings. The van der Waals surface area contributed by atoms with Gasteiger partial charge < -0.3 is 14.8 Å². The molecule has 1 fully saturated rings. The second-order valence-electron chi connectivity index (χ2n) is 5.90. The standard InChI is InChI=1S/C18H20N2O4/c1-2-14(13-7-9-23-10-8-13)19-17(21)11-20-15-5-3-4-6-16(15)24-12-18(20)22/h1,3-6,13-14H,7-12H2,(H,19,21)/t14-/m1/s1. The molecule has 0 radical (unpaired) electrons. The third-order valence-electron chi connectivity index (χ3n) is 4.34. The van der Waals surface area contributed by atoms with Gasteiger partial charge >= 0.3 is 0 Å². The first kappa shape index (κ1) is 16.3. The Labute approximate surface area is 141 Å². The SMILES string of the molecule is C#C[C@@H](NC(=O)CN1C(=O)COc2ccccc21)C1CCOCC1. The van der Waals surface area contributed by atoms with Gasteiger partial charge in [0.2, 0.25) is 5.91 Å². The Hall–Kier alpha value is -2.52. The van der Waals surface area contributed by atoms with E-state index in [-0.39, 0.29) is 36.9 Å². The van der Waals surface area contributed by atoms with E-state index in [0.29, 0.717) is 24.7 Å². The van der Waals surface area contributed by atoms with Crippen LogP contribution in [0.1, 0.15) is 12.8 Å². The number of amides is 2. The topological polar surface area (TPSA) is 67.9 Å². The number of terminal acetylenes is 1. The van der Waals surface area contributed by atoms with Crippen LogP contribution >= 0.6 is 0 Å². The summed E-state index contributed by atoms with van der Waals surface area (Å²) in [7, 11) is 0. The van der Waals surface area contributed by atoms with Crippen molar-refractivity contribution in [1.82, 2.24) is 5.32 Å². The molecule has 1 aromatic carbocycles. The van der Waals surface area contributed by atoms with Gasteiger partial charge in [0.15, 0.2) is 6.61 Å². The minimum Gasteiger partial charge on any atom is -0.482 e. The van der Waals surface area contributed by atoms with E-state index in [1.54, 1.807) is 18.2 Å². The summed E-state index contributed by atoms with van der Waals surface area (Å²) in [6.45, 7) is 1.19. The quantitative estimate of drug-likeness (QED) is 0.836. The van der Waals surface area contributed by atoms with E-state index in [1.165, 1.54) is 4.90 Å². The molecule has 1 atom stereocenters. The van der Waals surface area contributed by atoms with Crippen LogP contribution < -0.4 is 15.0 Å². The van der Waals surface area contributed by atoms with Gasteiger partial charge in [-0.1, -0.05) is 18.1 Å². The number of ether oxygens (including phenoxy) is 2. The normalized spacial score (nSPS) is 19.0. The molecule has 6 nitrogen and oxygen atoms in total. The zero-order valence-electron chi connectivity index (χ0n) is 13.4. The fraction of sp³-hybridized carbons (Fsp3) is 0.444. The van der Waals surface area contributed by atoms with E-state index < -0.39 is 0 Å². The smallest absolute Gasteiger partial charge is 0.265 e. The molecule has 24 heavy (non-hydrogen) atoms. The highest BCUT2D eigenvalue weighted by Gasteiger charge is 2.29. The monoisotopic (exact) mass is 328 g/mol. The van der Waals surface area contributed by atoms with Crippen molar-refractivity contribution in [3.63, 3.8) is 0 Å². The molecule has 0 saturated carbocycles. The summed E-state index contributed by atoms with van der Waals surface area (Å²) < 4.78 is 10.7. The van der Waals surface area contributed by atoms with Crippen LogP contribution in [0, 0.1) is 18.3 Å². The average molecular weight is 328 g/mol. The summed E-state index contributed by atoms with van der Waals surface area (Å²) in [5, 5.41) is 2.87. The van der Waals surface area contributed by atoms with E-state index in [4.69, 9.17) is 15.9 Å². The molecular weight excluding hydrogens is 308 g/mol. The summed E-state index contributed by atoms with van der Waals surface area (Å²) in [5.74, 6) is 2.95. The van der Waals surface area contributed by atoms with Crippen LogP contribution in [-0.2, 0) is 14.3 Å². The Kier molecular flexibility index (Phi) is 5.02. The predicted octanol–water partition coefficient (Wildman–Crippen LogP) is 0.957. The summed E-state index contributed by atoms with van der Waals surface area (Å²) in [6.07, 6.45) is 7.24. The first-order chi connectivity index (χ1) is 11.7. The summed E-state index contributed by atoms with van der Waals surface area (Å²) in [4.78, 5) is 26.0. The van der Waals surface area contributed by atoms with Crippen molar-refractivity contribution < 1.29 is 19.1 Å². The molecular formula is C18H20N2O4. The second kappa shape index (κ2) is 7.37. The van der Waals surface area contributed by atoms with E-state index in [0.717, 1.165) is 12.8 Å². The van der Waals surface area contributed by atoms with Crippen molar-refractivity contribution in [2.24, 2.45) is 5.92 Å². The van der Waals surface area contributed by atoms with Crippen LogP contribution in [0.15, 0.2) is 24.3 Å². The molecule has 2 aliphatic heterocycles. The highest BCUT2D eigenvalue weighted by Crippen LogP contribution is 2.31. The van der Waals surface area contributed by atoms with E-state index >= 15 is 0 Å². The number of anilines is 1. The zero-order valence-corrected chi connectivity index (χ0v) is 13.4. The van der Waals surface area contributed by atoms with Gasteiger partial charge in [-0.25, -0.2) is 0 Å². The predicted molar refractivity (Wildman–Crippen MR) is 88.6 cm³/mol. The molecule has 0 unspecified atom stereocenters. The number of fused-ring (bicyclic) bond motifs is 1. The largest absolute Gasteiger partial charge is 0.482 e. The minimum atomic E-state index is -0.340. The fourth-order valence-corrected chi connectivity index (χ4v) is 3.03. The lowest BCUT2D eigenvalue weighted by Crippen LogP contribution is -2.49. The molecule has 3 rings (SSSR count). The van der Waals surface area contributed by atoms with Crippen LogP contribution in [0.3, 0.4) is 0 Å². The van der Waals surface area contributed by atoms with Gasteiger partial charge in [-0.3, -0.25) is 14.5 Å². The minimum absolute atomic E-state index is 0.0666.